The lowest BCUT2D eigenvalue weighted by molar-refractivity contribution is -0.134. The van der Waals surface area contributed by atoms with E-state index in [1.54, 1.807) is 0 Å². The average molecular weight is 262 g/mol. The topological polar surface area (TPSA) is 32.3 Å². The van der Waals surface area contributed by atoms with E-state index in [0.717, 1.165) is 37.3 Å². The minimum Gasteiger partial charge on any atom is -0.339 e. The lowest BCUT2D eigenvalue weighted by Crippen LogP contribution is -2.44. The molecule has 1 amide bonds. The number of rotatable bonds is 2. The predicted octanol–water partition coefficient (Wildman–Crippen LogP) is 2.17. The van der Waals surface area contributed by atoms with E-state index in [-0.39, 0.29) is 0 Å². The van der Waals surface area contributed by atoms with Gasteiger partial charge < -0.3 is 10.2 Å². The smallest absolute Gasteiger partial charge is 0.224 e. The Balaban J connectivity index is 1.46. The highest BCUT2D eigenvalue weighted by atomic mass is 16.2. The van der Waals surface area contributed by atoms with Gasteiger partial charge in [-0.1, -0.05) is 0 Å². The first-order chi connectivity index (χ1) is 9.28. The molecular weight excluding hydrogens is 236 g/mol. The van der Waals surface area contributed by atoms with Crippen molar-refractivity contribution in [2.45, 2.75) is 63.5 Å². The molecule has 5 fully saturated rings. The van der Waals surface area contributed by atoms with Crippen molar-refractivity contribution in [3.63, 3.8) is 0 Å². The van der Waals surface area contributed by atoms with Crippen molar-refractivity contribution in [2.24, 2.45) is 17.8 Å². The van der Waals surface area contributed by atoms with Crippen LogP contribution in [0.1, 0.15) is 51.4 Å². The van der Waals surface area contributed by atoms with Crippen LogP contribution in [-0.2, 0) is 4.79 Å². The van der Waals surface area contributed by atoms with Crippen molar-refractivity contribution in [3.05, 3.63) is 0 Å². The molecule has 106 valence electrons. The molecule has 2 aliphatic carbocycles. The van der Waals surface area contributed by atoms with E-state index in [9.17, 15) is 4.79 Å². The first-order valence-corrected chi connectivity index (χ1v) is 8.31. The number of fused-ring (bicyclic) bond motifs is 1. The van der Waals surface area contributed by atoms with Crippen molar-refractivity contribution in [1.82, 2.24) is 10.2 Å². The molecule has 3 heteroatoms. The minimum absolute atomic E-state index is 0.442. The quantitative estimate of drug-likeness (QED) is 0.827. The van der Waals surface area contributed by atoms with Crippen molar-refractivity contribution >= 4 is 5.91 Å². The van der Waals surface area contributed by atoms with Gasteiger partial charge in [-0.2, -0.15) is 0 Å². The van der Waals surface area contributed by atoms with Crippen molar-refractivity contribution in [2.75, 3.05) is 13.1 Å². The maximum atomic E-state index is 12.7. The molecule has 3 atom stereocenters. The Hall–Kier alpha value is -0.570. The molecule has 3 aliphatic heterocycles. The Labute approximate surface area is 116 Å². The van der Waals surface area contributed by atoms with Crippen LogP contribution < -0.4 is 5.32 Å². The maximum Gasteiger partial charge on any atom is 0.224 e. The van der Waals surface area contributed by atoms with Gasteiger partial charge in [-0.3, -0.25) is 4.79 Å². The van der Waals surface area contributed by atoms with Crippen LogP contribution in [0.25, 0.3) is 0 Å². The van der Waals surface area contributed by atoms with Crippen LogP contribution in [-0.4, -0.2) is 36.0 Å². The summed E-state index contributed by atoms with van der Waals surface area (Å²) in [5.41, 5.74) is 0. The van der Waals surface area contributed by atoms with E-state index in [1.165, 1.54) is 44.9 Å². The minimum atomic E-state index is 0.442. The first kappa shape index (κ1) is 12.2. The standard InChI is InChI=1S/C16H26N2O/c19-16(9-14-2-1-3-17-14)18-10-13-5-11-4-12(6-13)8-15(18)7-11/h11-15,17H,1-10H2. The maximum absolute atomic E-state index is 12.7. The van der Waals surface area contributed by atoms with Crippen LogP contribution in [0, 0.1) is 17.8 Å². The molecule has 2 saturated carbocycles. The second-order valence-electron chi connectivity index (χ2n) is 7.47. The van der Waals surface area contributed by atoms with Crippen LogP contribution in [0.2, 0.25) is 0 Å². The fourth-order valence-electron chi connectivity index (χ4n) is 5.35. The van der Waals surface area contributed by atoms with Crippen LogP contribution in [0.15, 0.2) is 0 Å². The van der Waals surface area contributed by atoms with E-state index >= 15 is 0 Å². The Morgan fingerprint density at radius 2 is 1.79 bits per heavy atom. The lowest BCUT2D eigenvalue weighted by atomic mass is 9.68. The Morgan fingerprint density at radius 1 is 1.05 bits per heavy atom. The molecule has 3 heterocycles. The zero-order valence-electron chi connectivity index (χ0n) is 11.8. The van der Waals surface area contributed by atoms with Crippen LogP contribution in [0.5, 0.6) is 0 Å². The van der Waals surface area contributed by atoms with Gasteiger partial charge in [-0.05, 0) is 69.2 Å². The zero-order chi connectivity index (χ0) is 12.8. The predicted molar refractivity (Wildman–Crippen MR) is 74.7 cm³/mol. The molecule has 3 nitrogen and oxygen atoms in total. The normalized spacial score (nSPS) is 44.6. The molecular formula is C16H26N2O. The number of hydrogen-bond donors (Lipinski definition) is 1. The summed E-state index contributed by atoms with van der Waals surface area (Å²) in [6, 6.07) is 1.05. The number of hydrogen-bond acceptors (Lipinski definition) is 2. The summed E-state index contributed by atoms with van der Waals surface area (Å²) in [4.78, 5) is 15.0. The summed E-state index contributed by atoms with van der Waals surface area (Å²) in [6.07, 6.45) is 10.1. The summed E-state index contributed by atoms with van der Waals surface area (Å²) in [5, 5.41) is 3.47. The van der Waals surface area contributed by atoms with Gasteiger partial charge in [0.1, 0.15) is 0 Å². The number of carbonyl (C=O) groups is 1. The summed E-state index contributed by atoms with van der Waals surface area (Å²) in [6.45, 7) is 2.18. The highest BCUT2D eigenvalue weighted by Crippen LogP contribution is 2.47. The molecule has 19 heavy (non-hydrogen) atoms. The number of amides is 1. The second kappa shape index (κ2) is 4.76. The zero-order valence-corrected chi connectivity index (χ0v) is 11.8. The third kappa shape index (κ3) is 2.31. The molecule has 0 spiro atoms. The van der Waals surface area contributed by atoms with Crippen molar-refractivity contribution in [3.8, 4) is 0 Å². The van der Waals surface area contributed by atoms with Gasteiger partial charge in [0.25, 0.3) is 0 Å². The number of nitrogens with zero attached hydrogens (tertiary/aromatic N) is 1. The first-order valence-electron chi connectivity index (χ1n) is 8.31. The summed E-state index contributed by atoms with van der Waals surface area (Å²) >= 11 is 0. The monoisotopic (exact) mass is 262 g/mol. The Morgan fingerprint density at radius 3 is 2.47 bits per heavy atom. The highest BCUT2D eigenvalue weighted by Gasteiger charge is 2.44. The van der Waals surface area contributed by atoms with E-state index < -0.39 is 0 Å². The Bertz CT molecular complexity index is 350. The van der Waals surface area contributed by atoms with Gasteiger partial charge in [-0.25, -0.2) is 0 Å². The van der Waals surface area contributed by atoms with Gasteiger partial charge in [0.2, 0.25) is 5.91 Å². The largest absolute Gasteiger partial charge is 0.339 e. The summed E-state index contributed by atoms with van der Waals surface area (Å²) in [7, 11) is 0. The third-order valence-corrected chi connectivity index (χ3v) is 6.01. The van der Waals surface area contributed by atoms with Gasteiger partial charge in [0, 0.05) is 25.0 Å². The van der Waals surface area contributed by atoms with Gasteiger partial charge >= 0.3 is 0 Å². The van der Waals surface area contributed by atoms with E-state index in [2.05, 4.69) is 10.2 Å². The fourth-order valence-corrected chi connectivity index (χ4v) is 5.35. The molecule has 5 rings (SSSR count). The average Bonchev–Trinajstić information content (AvgIpc) is 2.79. The third-order valence-electron chi connectivity index (χ3n) is 6.01. The van der Waals surface area contributed by atoms with Gasteiger partial charge in [-0.15, -0.1) is 0 Å². The van der Waals surface area contributed by atoms with E-state index in [4.69, 9.17) is 0 Å². The molecule has 5 aliphatic rings. The van der Waals surface area contributed by atoms with Crippen molar-refractivity contribution < 1.29 is 4.79 Å². The lowest BCUT2D eigenvalue weighted by Gasteiger charge is -2.39. The van der Waals surface area contributed by atoms with Gasteiger partial charge in [0.05, 0.1) is 0 Å². The van der Waals surface area contributed by atoms with E-state index in [0.29, 0.717) is 18.0 Å². The molecule has 0 aromatic rings. The molecule has 3 unspecified atom stereocenters. The molecule has 3 saturated heterocycles. The van der Waals surface area contributed by atoms with E-state index in [1.807, 2.05) is 0 Å². The van der Waals surface area contributed by atoms with Gasteiger partial charge in [0.15, 0.2) is 0 Å². The fraction of sp³-hybridized carbons (Fsp3) is 0.938. The molecule has 4 bridgehead atoms. The molecule has 0 radical (unpaired) electrons. The summed E-state index contributed by atoms with van der Waals surface area (Å²) in [5.74, 6) is 3.13. The van der Waals surface area contributed by atoms with Crippen molar-refractivity contribution in [1.29, 1.82) is 0 Å². The Kier molecular flexibility index (Phi) is 3.06. The SMILES string of the molecule is O=C(CC1CCCN1)N1CC2CC3CC(C2)CC1C3. The number of nitrogens with one attached hydrogen (secondary N) is 1. The summed E-state index contributed by atoms with van der Waals surface area (Å²) < 4.78 is 0. The molecule has 0 aromatic heterocycles. The van der Waals surface area contributed by atoms with Crippen LogP contribution >= 0.6 is 0 Å². The molecule has 0 aromatic carbocycles. The second-order valence-corrected chi connectivity index (χ2v) is 7.47. The number of carbonyl (C=O) groups excluding carboxylic acids is 1. The van der Waals surface area contributed by atoms with Crippen LogP contribution in [0.3, 0.4) is 0 Å². The molecule has 1 N–H and O–H groups in total. The highest BCUT2D eigenvalue weighted by molar-refractivity contribution is 5.77. The van der Waals surface area contributed by atoms with Crippen LogP contribution in [0.4, 0.5) is 0 Å².